The fraction of sp³-hybridized carbons (Fsp3) is 0.750. The Morgan fingerprint density at radius 1 is 1.33 bits per heavy atom. The summed E-state index contributed by atoms with van der Waals surface area (Å²) in [5.41, 5.74) is 0. The minimum absolute atomic E-state index is 0. The molecule has 0 unspecified atom stereocenters. The van der Waals surface area contributed by atoms with Crippen LogP contribution in [0.3, 0.4) is 0 Å². The molecule has 0 fully saturated rings. The minimum Gasteiger partial charge on any atom is -0.412 e. The smallest absolute Gasteiger partial charge is 0.187 e. The van der Waals surface area contributed by atoms with E-state index < -0.39 is 0 Å². The van der Waals surface area contributed by atoms with E-state index in [4.69, 9.17) is 0 Å². The third-order valence-electron chi connectivity index (χ3n) is 1.74. The maximum atomic E-state index is 2.34. The highest BCUT2D eigenvalue weighted by molar-refractivity contribution is 5.75. The molecule has 72 valence electrons. The lowest BCUT2D eigenvalue weighted by atomic mass is 10.3. The average molecular weight is 188 g/mol. The number of hydrogen-bond donors (Lipinski definition) is 0. The summed E-state index contributed by atoms with van der Waals surface area (Å²) in [6, 6.07) is 0. The predicted octanol–water partition coefficient (Wildman–Crippen LogP) is -0.546. The zero-order valence-corrected chi connectivity index (χ0v) is 7.38. The summed E-state index contributed by atoms with van der Waals surface area (Å²) in [6.07, 6.45) is 6.87. The van der Waals surface area contributed by atoms with Crippen molar-refractivity contribution >= 4 is 17.4 Å². The first-order valence-corrected chi connectivity index (χ1v) is 3.95. The second-order valence-corrected chi connectivity index (χ2v) is 2.86. The van der Waals surface area contributed by atoms with E-state index in [0.29, 0.717) is 0 Å². The van der Waals surface area contributed by atoms with Crippen molar-refractivity contribution < 1.29 is 5.48 Å². The Morgan fingerprint density at radius 3 is 2.42 bits per heavy atom. The first kappa shape index (κ1) is 14.4. The molecule has 0 saturated heterocycles. The summed E-state index contributed by atoms with van der Waals surface area (Å²) in [6.45, 7) is 4.50. The van der Waals surface area contributed by atoms with Gasteiger partial charge in [0.05, 0.1) is 6.67 Å². The third-order valence-corrected chi connectivity index (χ3v) is 1.74. The van der Waals surface area contributed by atoms with Crippen LogP contribution in [-0.4, -0.2) is 52.9 Å². The van der Waals surface area contributed by atoms with Crippen molar-refractivity contribution in [3.63, 3.8) is 0 Å². The molecular weight excluding hydrogens is 167 g/mol. The van der Waals surface area contributed by atoms with Gasteiger partial charge in [-0.15, -0.1) is 0 Å². The highest BCUT2D eigenvalue weighted by atomic mass is 27.0. The van der Waals surface area contributed by atoms with Crippen molar-refractivity contribution in [2.45, 2.75) is 19.8 Å². The van der Waals surface area contributed by atoms with Crippen LogP contribution in [0.1, 0.15) is 19.8 Å². The zero-order chi connectivity index (χ0) is 7.40. The van der Waals surface area contributed by atoms with Gasteiger partial charge in [-0.2, -0.15) is 0 Å². The summed E-state index contributed by atoms with van der Waals surface area (Å²) in [7, 11) is 2.10. The Balaban J connectivity index is 0. The van der Waals surface area contributed by atoms with Crippen LogP contribution >= 0.6 is 0 Å². The molecule has 2 N–H and O–H groups in total. The molecule has 1 rings (SSSR count). The fourth-order valence-electron chi connectivity index (χ4n) is 1.10. The lowest BCUT2D eigenvalue weighted by molar-refractivity contribution is 0.293. The van der Waals surface area contributed by atoms with Crippen LogP contribution in [0.15, 0.2) is 12.4 Å². The maximum Gasteiger partial charge on any atom is 0.187 e. The van der Waals surface area contributed by atoms with Gasteiger partial charge in [-0.1, -0.05) is 13.3 Å². The molecule has 0 spiro atoms. The first-order valence-electron chi connectivity index (χ1n) is 3.95. The van der Waals surface area contributed by atoms with Gasteiger partial charge in [0.2, 0.25) is 0 Å². The van der Waals surface area contributed by atoms with Gasteiger partial charge < -0.3 is 15.3 Å². The van der Waals surface area contributed by atoms with Crippen LogP contribution in [0.5, 0.6) is 0 Å². The third kappa shape index (κ3) is 4.66. The standard InChI is InChI=1S/C8H16N2.Al.H2O.3H/c1-3-4-5-10-7-6-9(2)8-10;;;;;/h6-7H,3-5,8H2,1-2H3;;1H2;;;. The van der Waals surface area contributed by atoms with E-state index in [2.05, 4.69) is 36.2 Å². The number of rotatable bonds is 3. The Morgan fingerprint density at radius 2 is 2.00 bits per heavy atom. The normalized spacial score (nSPS) is 14.2. The topological polar surface area (TPSA) is 38.0 Å². The second-order valence-electron chi connectivity index (χ2n) is 2.86. The lowest BCUT2D eigenvalue weighted by Gasteiger charge is -2.17. The van der Waals surface area contributed by atoms with Crippen molar-refractivity contribution in [2.24, 2.45) is 0 Å². The fourth-order valence-corrected chi connectivity index (χ4v) is 1.10. The minimum atomic E-state index is 0. The van der Waals surface area contributed by atoms with E-state index in [1.54, 1.807) is 0 Å². The molecule has 3 nitrogen and oxygen atoms in total. The van der Waals surface area contributed by atoms with Crippen LogP contribution in [-0.2, 0) is 0 Å². The van der Waals surface area contributed by atoms with Crippen molar-refractivity contribution in [2.75, 3.05) is 20.3 Å². The molecule has 1 aliphatic heterocycles. The van der Waals surface area contributed by atoms with Gasteiger partial charge in [-0.25, -0.2) is 0 Å². The molecule has 4 heteroatoms. The summed E-state index contributed by atoms with van der Waals surface area (Å²) in [5, 5.41) is 0. The molecule has 0 aromatic carbocycles. The molecule has 0 saturated carbocycles. The molecule has 0 aromatic rings. The van der Waals surface area contributed by atoms with Crippen molar-refractivity contribution in [1.29, 1.82) is 0 Å². The number of hydrogen-bond acceptors (Lipinski definition) is 2. The van der Waals surface area contributed by atoms with Crippen molar-refractivity contribution in [3.05, 3.63) is 12.4 Å². The quantitative estimate of drug-likeness (QED) is 0.558. The second kappa shape index (κ2) is 7.48. The molecule has 0 atom stereocenters. The van der Waals surface area contributed by atoms with Crippen LogP contribution in [0, 0.1) is 0 Å². The van der Waals surface area contributed by atoms with Gasteiger partial charge in [0, 0.05) is 26.0 Å². The number of nitrogens with zero attached hydrogens (tertiary/aromatic N) is 2. The Hall–Kier alpha value is -0.168. The van der Waals surface area contributed by atoms with Crippen molar-refractivity contribution in [3.8, 4) is 0 Å². The Kier molecular flexibility index (Phi) is 8.95. The average Bonchev–Trinajstić information content (AvgIpc) is 2.31. The molecule has 0 aromatic heterocycles. The van der Waals surface area contributed by atoms with E-state index in [9.17, 15) is 0 Å². The Labute approximate surface area is 85.5 Å². The molecule has 0 amide bonds. The zero-order valence-electron chi connectivity index (χ0n) is 7.38. The van der Waals surface area contributed by atoms with Gasteiger partial charge in [0.25, 0.3) is 0 Å². The highest BCUT2D eigenvalue weighted by Gasteiger charge is 2.05. The monoisotopic (exact) mass is 188 g/mol. The van der Waals surface area contributed by atoms with Crippen molar-refractivity contribution in [1.82, 2.24) is 9.80 Å². The van der Waals surface area contributed by atoms with E-state index >= 15 is 0 Å². The van der Waals surface area contributed by atoms with Gasteiger partial charge >= 0.3 is 0 Å². The van der Waals surface area contributed by atoms with Gasteiger partial charge in [0.15, 0.2) is 17.4 Å². The number of unbranched alkanes of at least 4 members (excludes halogenated alkanes) is 1. The molecule has 1 heterocycles. The summed E-state index contributed by atoms with van der Waals surface area (Å²) >= 11 is 0. The lowest BCUT2D eigenvalue weighted by Crippen LogP contribution is -2.23. The first-order chi connectivity index (χ1) is 4.83. The van der Waals surface area contributed by atoms with Crippen LogP contribution < -0.4 is 0 Å². The molecule has 0 bridgehead atoms. The van der Waals surface area contributed by atoms with E-state index in [1.165, 1.54) is 19.4 Å². The predicted molar refractivity (Wildman–Crippen MR) is 56.9 cm³/mol. The highest BCUT2D eigenvalue weighted by Crippen LogP contribution is 2.04. The molecule has 12 heavy (non-hydrogen) atoms. The Bertz CT molecular complexity index is 130. The van der Waals surface area contributed by atoms with E-state index in [1.807, 2.05) is 0 Å². The molecule has 0 aliphatic carbocycles. The summed E-state index contributed by atoms with van der Waals surface area (Å²) < 4.78 is 0. The maximum absolute atomic E-state index is 2.34. The van der Waals surface area contributed by atoms with E-state index in [0.717, 1.165) is 6.67 Å². The largest absolute Gasteiger partial charge is 0.412 e. The van der Waals surface area contributed by atoms with Gasteiger partial charge in [-0.3, -0.25) is 0 Å². The molecular formula is C8H21AlN2O. The summed E-state index contributed by atoms with van der Waals surface area (Å²) in [5.74, 6) is 0. The summed E-state index contributed by atoms with van der Waals surface area (Å²) in [4.78, 5) is 4.53. The van der Waals surface area contributed by atoms with Crippen LogP contribution in [0.2, 0.25) is 0 Å². The molecule has 1 aliphatic rings. The molecule has 0 radical (unpaired) electrons. The van der Waals surface area contributed by atoms with E-state index in [-0.39, 0.29) is 22.8 Å². The van der Waals surface area contributed by atoms with Gasteiger partial charge in [0.1, 0.15) is 0 Å². The van der Waals surface area contributed by atoms with Crippen LogP contribution in [0.4, 0.5) is 0 Å². The SMILES string of the molecule is CCCCN1C=CN(C)C1.O.[AlH3]. The van der Waals surface area contributed by atoms with Gasteiger partial charge in [-0.05, 0) is 6.42 Å². The van der Waals surface area contributed by atoms with Crippen LogP contribution in [0.25, 0.3) is 0 Å².